The molecule has 0 unspecified atom stereocenters. The Kier molecular flexibility index (Phi) is 9.33. The molecule has 9 rings (SSSR count). The summed E-state index contributed by atoms with van der Waals surface area (Å²) in [6.45, 7) is 9.24. The van der Waals surface area contributed by atoms with Crippen molar-refractivity contribution < 1.29 is 20.1 Å². The molecule has 4 heteroatoms. The molecule has 1 radical (unpaired) electrons. The van der Waals surface area contributed by atoms with E-state index in [1.54, 1.807) is 0 Å². The Balaban J connectivity index is 0.000000157. The Morgan fingerprint density at radius 3 is 1.92 bits per heavy atom. The van der Waals surface area contributed by atoms with Crippen LogP contribution in [0.2, 0.25) is 0 Å². The summed E-state index contributed by atoms with van der Waals surface area (Å²) in [5, 5.41) is 0. The van der Waals surface area contributed by atoms with Crippen molar-refractivity contribution in [3.8, 4) is 44.8 Å². The first-order chi connectivity index (χ1) is 23.8. The maximum absolute atomic E-state index is 4.71. The number of nitrogens with zero attached hydrogens (tertiary/aromatic N) is 2. The standard InChI is InChI=1S/C26H20N.C20H16NSe.Ir/c1-26(2)23-14-7-6-11-20(23)21-12-8-13-22(25(21)26)24-17-19(15-16-27-24)18-9-4-3-5-10-18;1-20(2)15-9-3-4-11-17(15)22-18-12-7-8-14(19(18)20)16-10-5-6-13-21-16;/h3-12,14-17H,1-2H3;3-7,9-13H,1-2H3;/q2*-1;. The van der Waals surface area contributed by atoms with Crippen molar-refractivity contribution in [1.82, 2.24) is 9.97 Å². The molecule has 3 heterocycles. The summed E-state index contributed by atoms with van der Waals surface area (Å²) in [7, 11) is 0. The molecule has 2 aliphatic rings. The van der Waals surface area contributed by atoms with Gasteiger partial charge in [0, 0.05) is 26.3 Å². The van der Waals surface area contributed by atoms with Gasteiger partial charge in [0.25, 0.3) is 0 Å². The van der Waals surface area contributed by atoms with E-state index >= 15 is 0 Å². The Labute approximate surface area is 315 Å². The summed E-state index contributed by atoms with van der Waals surface area (Å²) in [4.78, 5) is 9.26. The summed E-state index contributed by atoms with van der Waals surface area (Å²) in [6, 6.07) is 53.8. The van der Waals surface area contributed by atoms with E-state index in [2.05, 4.69) is 154 Å². The van der Waals surface area contributed by atoms with Gasteiger partial charge in [-0.3, -0.25) is 0 Å². The fourth-order valence-corrected chi connectivity index (χ4v) is 10.5. The number of rotatable bonds is 3. The van der Waals surface area contributed by atoms with Crippen LogP contribution in [-0.4, -0.2) is 24.9 Å². The zero-order valence-electron chi connectivity index (χ0n) is 28.5. The van der Waals surface area contributed by atoms with Crippen molar-refractivity contribution in [3.05, 3.63) is 180 Å². The summed E-state index contributed by atoms with van der Waals surface area (Å²) >= 11 is 0.347. The molecule has 7 aromatic rings. The second-order valence-corrected chi connectivity index (χ2v) is 15.9. The number of fused-ring (bicyclic) bond motifs is 5. The minimum atomic E-state index is -0.0660. The van der Waals surface area contributed by atoms with Gasteiger partial charge in [0.1, 0.15) is 0 Å². The van der Waals surface area contributed by atoms with Crippen molar-refractivity contribution in [2.75, 3.05) is 0 Å². The van der Waals surface area contributed by atoms with E-state index in [4.69, 9.17) is 4.98 Å². The molecular weight excluding hydrogens is 852 g/mol. The van der Waals surface area contributed by atoms with Crippen LogP contribution in [-0.2, 0) is 30.9 Å². The monoisotopic (exact) mass is 889 g/mol. The molecule has 0 spiro atoms. The molecule has 5 aromatic carbocycles. The predicted octanol–water partition coefficient (Wildman–Crippen LogP) is 9.36. The fourth-order valence-electron chi connectivity index (χ4n) is 7.57. The number of hydrogen-bond donors (Lipinski definition) is 0. The maximum Gasteiger partial charge on any atom is 0 e. The zero-order valence-corrected chi connectivity index (χ0v) is 32.6. The van der Waals surface area contributed by atoms with Crippen LogP contribution < -0.4 is 8.92 Å². The SMILES string of the molecule is CC1(C)c2ccccc2-c2cc[c-]c(-c3cc(-c4ccccc4)ccn3)c21.CC1(C)c2ccccc2[Se]c2cc[c-]c(-c3ccccn3)c21.[Ir]. The van der Waals surface area contributed by atoms with Crippen LogP contribution in [0.3, 0.4) is 0 Å². The average Bonchev–Trinajstić information content (AvgIpc) is 3.39. The van der Waals surface area contributed by atoms with Gasteiger partial charge in [-0.1, -0.05) is 80.1 Å². The van der Waals surface area contributed by atoms with Crippen LogP contribution in [0.5, 0.6) is 0 Å². The van der Waals surface area contributed by atoms with Crippen LogP contribution in [0.4, 0.5) is 0 Å². The second kappa shape index (κ2) is 13.7. The molecule has 1 aliphatic heterocycles. The molecule has 1 aliphatic carbocycles. The first-order valence-electron chi connectivity index (χ1n) is 16.7. The third kappa shape index (κ3) is 5.91. The van der Waals surface area contributed by atoms with Crippen LogP contribution in [0.15, 0.2) is 146 Å². The van der Waals surface area contributed by atoms with E-state index in [1.807, 2.05) is 36.7 Å². The maximum atomic E-state index is 4.71. The molecule has 0 atom stereocenters. The van der Waals surface area contributed by atoms with Crippen LogP contribution in [0.25, 0.3) is 44.8 Å². The molecule has 50 heavy (non-hydrogen) atoms. The van der Waals surface area contributed by atoms with Crippen LogP contribution in [0, 0.1) is 12.1 Å². The number of hydrogen-bond acceptors (Lipinski definition) is 2. The fraction of sp³-hybridized carbons (Fsp3) is 0.130. The zero-order chi connectivity index (χ0) is 33.6. The van der Waals surface area contributed by atoms with E-state index in [0.29, 0.717) is 15.0 Å². The van der Waals surface area contributed by atoms with Gasteiger partial charge in [-0.25, -0.2) is 0 Å². The Morgan fingerprint density at radius 2 is 1.14 bits per heavy atom. The van der Waals surface area contributed by atoms with Crippen molar-refractivity contribution >= 4 is 23.9 Å². The van der Waals surface area contributed by atoms with Crippen LogP contribution in [0.1, 0.15) is 49.9 Å². The van der Waals surface area contributed by atoms with Gasteiger partial charge in [-0.2, -0.15) is 0 Å². The average molecular weight is 888 g/mol. The van der Waals surface area contributed by atoms with E-state index in [9.17, 15) is 0 Å². The van der Waals surface area contributed by atoms with Gasteiger partial charge in [-0.15, -0.1) is 29.3 Å². The molecule has 2 nitrogen and oxygen atoms in total. The van der Waals surface area contributed by atoms with Crippen molar-refractivity contribution in [2.45, 2.75) is 38.5 Å². The molecular formula is C46H36IrN2Se-2. The third-order valence-electron chi connectivity index (χ3n) is 9.92. The molecule has 0 bridgehead atoms. The Morgan fingerprint density at radius 1 is 0.500 bits per heavy atom. The molecule has 0 fully saturated rings. The summed E-state index contributed by atoms with van der Waals surface area (Å²) < 4.78 is 2.95. The minimum Gasteiger partial charge on any atom is 0 e. The van der Waals surface area contributed by atoms with Gasteiger partial charge >= 0.3 is 137 Å². The number of pyridine rings is 2. The van der Waals surface area contributed by atoms with Gasteiger partial charge in [0.15, 0.2) is 0 Å². The molecule has 0 amide bonds. The van der Waals surface area contributed by atoms with E-state index in [0.717, 1.165) is 22.5 Å². The van der Waals surface area contributed by atoms with E-state index < -0.39 is 0 Å². The van der Waals surface area contributed by atoms with Crippen LogP contribution >= 0.6 is 0 Å². The predicted molar refractivity (Wildman–Crippen MR) is 204 cm³/mol. The van der Waals surface area contributed by atoms with Gasteiger partial charge in [0.2, 0.25) is 0 Å². The van der Waals surface area contributed by atoms with E-state index in [-0.39, 0.29) is 30.9 Å². The molecule has 247 valence electrons. The largest absolute Gasteiger partial charge is 0 e. The quantitative estimate of drug-likeness (QED) is 0.131. The van der Waals surface area contributed by atoms with Gasteiger partial charge in [0.05, 0.1) is 0 Å². The van der Waals surface area contributed by atoms with Gasteiger partial charge in [-0.05, 0) is 39.4 Å². The Bertz CT molecular complexity index is 2310. The Hall–Kier alpha value is -4.43. The minimum absolute atomic E-state index is 0. The molecule has 0 saturated carbocycles. The molecule has 0 saturated heterocycles. The second-order valence-electron chi connectivity index (χ2n) is 13.6. The van der Waals surface area contributed by atoms with Crippen molar-refractivity contribution in [3.63, 3.8) is 0 Å². The summed E-state index contributed by atoms with van der Waals surface area (Å²) in [5.41, 5.74) is 14.7. The number of benzene rings is 5. The first-order valence-corrected chi connectivity index (χ1v) is 18.5. The first kappa shape index (κ1) is 34.0. The third-order valence-corrected chi connectivity index (χ3v) is 12.3. The summed E-state index contributed by atoms with van der Waals surface area (Å²) in [6.07, 6.45) is 3.76. The molecule has 2 aromatic heterocycles. The number of aromatic nitrogens is 2. The van der Waals surface area contributed by atoms with Crippen molar-refractivity contribution in [2.24, 2.45) is 0 Å². The molecule has 0 N–H and O–H groups in total. The smallest absolute Gasteiger partial charge is 0 e. The normalized spacial score (nSPS) is 14.1. The van der Waals surface area contributed by atoms with E-state index in [1.165, 1.54) is 53.4 Å². The van der Waals surface area contributed by atoms with Crippen molar-refractivity contribution in [1.29, 1.82) is 0 Å². The summed E-state index contributed by atoms with van der Waals surface area (Å²) in [5.74, 6) is 0. The van der Waals surface area contributed by atoms with Gasteiger partial charge < -0.3 is 4.98 Å². The topological polar surface area (TPSA) is 25.8 Å².